The Labute approximate surface area is 116 Å². The lowest BCUT2D eigenvalue weighted by Crippen LogP contribution is -2.52. The van der Waals surface area contributed by atoms with Crippen molar-refractivity contribution in [2.45, 2.75) is 38.1 Å². The molecule has 1 fully saturated rings. The molecular weight excluding hydrogens is 258 g/mol. The molecule has 2 N–H and O–H groups in total. The SMILES string of the molecule is Cc1nc(C(=O)NC2(C(=O)O)CCCC2)ccc1C#N. The van der Waals surface area contributed by atoms with Gasteiger partial charge in [-0.1, -0.05) is 12.8 Å². The first-order valence-corrected chi connectivity index (χ1v) is 6.42. The van der Waals surface area contributed by atoms with E-state index < -0.39 is 17.4 Å². The van der Waals surface area contributed by atoms with E-state index in [0.29, 0.717) is 24.1 Å². The number of hydrogen-bond acceptors (Lipinski definition) is 4. The van der Waals surface area contributed by atoms with E-state index in [0.717, 1.165) is 12.8 Å². The van der Waals surface area contributed by atoms with Crippen LogP contribution in [0.5, 0.6) is 0 Å². The number of carboxylic acids is 1. The van der Waals surface area contributed by atoms with Crippen LogP contribution in [-0.2, 0) is 4.79 Å². The van der Waals surface area contributed by atoms with Crippen molar-refractivity contribution in [3.8, 4) is 6.07 Å². The molecule has 1 aliphatic rings. The first-order valence-electron chi connectivity index (χ1n) is 6.42. The Balaban J connectivity index is 2.22. The van der Waals surface area contributed by atoms with Gasteiger partial charge >= 0.3 is 5.97 Å². The molecule has 0 radical (unpaired) electrons. The lowest BCUT2D eigenvalue weighted by atomic mass is 9.97. The van der Waals surface area contributed by atoms with E-state index in [4.69, 9.17) is 5.26 Å². The topological polar surface area (TPSA) is 103 Å². The predicted octanol–water partition coefficient (Wildman–Crippen LogP) is 1.39. The summed E-state index contributed by atoms with van der Waals surface area (Å²) >= 11 is 0. The van der Waals surface area contributed by atoms with E-state index in [1.54, 1.807) is 6.92 Å². The second kappa shape index (κ2) is 5.29. The summed E-state index contributed by atoms with van der Waals surface area (Å²) in [7, 11) is 0. The number of rotatable bonds is 3. The first kappa shape index (κ1) is 14.0. The van der Waals surface area contributed by atoms with Gasteiger partial charge in [-0.3, -0.25) is 4.79 Å². The van der Waals surface area contributed by atoms with Crippen LogP contribution in [0.25, 0.3) is 0 Å². The van der Waals surface area contributed by atoms with Gasteiger partial charge in [-0.15, -0.1) is 0 Å². The average molecular weight is 273 g/mol. The van der Waals surface area contributed by atoms with E-state index in [2.05, 4.69) is 10.3 Å². The van der Waals surface area contributed by atoms with Crippen LogP contribution in [0.2, 0.25) is 0 Å². The smallest absolute Gasteiger partial charge is 0.329 e. The van der Waals surface area contributed by atoms with E-state index in [-0.39, 0.29) is 5.69 Å². The van der Waals surface area contributed by atoms with Gasteiger partial charge < -0.3 is 10.4 Å². The fourth-order valence-corrected chi connectivity index (χ4v) is 2.46. The van der Waals surface area contributed by atoms with Crippen molar-refractivity contribution in [3.05, 3.63) is 29.1 Å². The number of pyridine rings is 1. The third-order valence-electron chi connectivity index (χ3n) is 3.66. The minimum atomic E-state index is -1.18. The normalized spacial score (nSPS) is 16.4. The van der Waals surface area contributed by atoms with Crippen LogP contribution in [0.3, 0.4) is 0 Å². The van der Waals surface area contributed by atoms with Crippen LogP contribution in [-0.4, -0.2) is 27.5 Å². The van der Waals surface area contributed by atoms with Crippen LogP contribution < -0.4 is 5.32 Å². The minimum absolute atomic E-state index is 0.133. The second-order valence-corrected chi connectivity index (χ2v) is 4.99. The van der Waals surface area contributed by atoms with Crippen molar-refractivity contribution in [1.82, 2.24) is 10.3 Å². The van der Waals surface area contributed by atoms with Crippen molar-refractivity contribution in [2.75, 3.05) is 0 Å². The van der Waals surface area contributed by atoms with Crippen molar-refractivity contribution in [1.29, 1.82) is 5.26 Å². The molecule has 0 spiro atoms. The number of aryl methyl sites for hydroxylation is 1. The Hall–Kier alpha value is -2.42. The van der Waals surface area contributed by atoms with E-state index in [1.165, 1.54) is 12.1 Å². The maximum atomic E-state index is 12.1. The molecule has 20 heavy (non-hydrogen) atoms. The van der Waals surface area contributed by atoms with E-state index >= 15 is 0 Å². The zero-order valence-corrected chi connectivity index (χ0v) is 11.1. The standard InChI is InChI=1S/C14H15N3O3/c1-9-10(8-15)4-5-11(16-9)12(18)17-14(13(19)20)6-2-3-7-14/h4-5H,2-3,6-7H2,1H3,(H,17,18)(H,19,20). The molecule has 0 aromatic carbocycles. The Kier molecular flexibility index (Phi) is 3.70. The summed E-state index contributed by atoms with van der Waals surface area (Å²) in [4.78, 5) is 27.6. The van der Waals surface area contributed by atoms with Crippen molar-refractivity contribution in [3.63, 3.8) is 0 Å². The fourth-order valence-electron chi connectivity index (χ4n) is 2.46. The molecule has 0 aliphatic heterocycles. The van der Waals surface area contributed by atoms with Crippen molar-refractivity contribution in [2.24, 2.45) is 0 Å². The van der Waals surface area contributed by atoms with Crippen LogP contribution in [0, 0.1) is 18.3 Å². The number of amides is 1. The summed E-state index contributed by atoms with van der Waals surface area (Å²) in [6, 6.07) is 4.92. The summed E-state index contributed by atoms with van der Waals surface area (Å²) in [5.74, 6) is -1.52. The number of hydrogen-bond donors (Lipinski definition) is 2. The van der Waals surface area contributed by atoms with Crippen LogP contribution in [0.1, 0.15) is 47.4 Å². The van der Waals surface area contributed by atoms with Crippen molar-refractivity contribution >= 4 is 11.9 Å². The summed E-state index contributed by atoms with van der Waals surface area (Å²) < 4.78 is 0. The number of carbonyl (C=O) groups excluding carboxylic acids is 1. The van der Waals surface area contributed by atoms with Gasteiger partial charge in [0.05, 0.1) is 11.3 Å². The third kappa shape index (κ3) is 2.48. The zero-order valence-electron chi connectivity index (χ0n) is 11.1. The molecule has 6 heteroatoms. The highest BCUT2D eigenvalue weighted by Crippen LogP contribution is 2.30. The maximum Gasteiger partial charge on any atom is 0.329 e. The number of nitrogens with one attached hydrogen (secondary N) is 1. The van der Waals surface area contributed by atoms with Gasteiger partial charge in [-0.05, 0) is 31.9 Å². The Bertz CT molecular complexity index is 598. The van der Waals surface area contributed by atoms with Gasteiger partial charge in [0.25, 0.3) is 5.91 Å². The van der Waals surface area contributed by atoms with Crippen LogP contribution in [0.15, 0.2) is 12.1 Å². The molecule has 0 bridgehead atoms. The molecule has 1 heterocycles. The van der Waals surface area contributed by atoms with Crippen molar-refractivity contribution < 1.29 is 14.7 Å². The molecule has 104 valence electrons. The molecule has 1 saturated carbocycles. The highest BCUT2D eigenvalue weighted by Gasteiger charge is 2.42. The van der Waals surface area contributed by atoms with Gasteiger partial charge in [-0.25, -0.2) is 9.78 Å². The number of nitriles is 1. The van der Waals surface area contributed by atoms with Gasteiger partial charge in [0.1, 0.15) is 17.3 Å². The molecular formula is C14H15N3O3. The number of carbonyl (C=O) groups is 2. The van der Waals surface area contributed by atoms with Crippen LogP contribution >= 0.6 is 0 Å². The molecule has 0 saturated heterocycles. The molecule has 2 rings (SSSR count). The third-order valence-corrected chi connectivity index (χ3v) is 3.66. The highest BCUT2D eigenvalue weighted by atomic mass is 16.4. The number of carboxylic acid groups (broad SMARTS) is 1. The van der Waals surface area contributed by atoms with Gasteiger partial charge in [0, 0.05) is 0 Å². The second-order valence-electron chi connectivity index (χ2n) is 4.99. The Morgan fingerprint density at radius 2 is 2.05 bits per heavy atom. The molecule has 1 aromatic heterocycles. The van der Waals surface area contributed by atoms with Gasteiger partial charge in [0.15, 0.2) is 0 Å². The Morgan fingerprint density at radius 3 is 2.55 bits per heavy atom. The average Bonchev–Trinajstić information content (AvgIpc) is 2.88. The first-order chi connectivity index (χ1) is 9.48. The van der Waals surface area contributed by atoms with E-state index in [1.807, 2.05) is 6.07 Å². The van der Waals surface area contributed by atoms with Crippen LogP contribution in [0.4, 0.5) is 0 Å². The lowest BCUT2D eigenvalue weighted by molar-refractivity contribution is -0.144. The minimum Gasteiger partial charge on any atom is -0.480 e. The van der Waals surface area contributed by atoms with Gasteiger partial charge in [0.2, 0.25) is 0 Å². The molecule has 1 aliphatic carbocycles. The maximum absolute atomic E-state index is 12.1. The van der Waals surface area contributed by atoms with E-state index in [9.17, 15) is 14.7 Å². The molecule has 1 aromatic rings. The number of nitrogens with zero attached hydrogens (tertiary/aromatic N) is 2. The summed E-state index contributed by atoms with van der Waals surface area (Å²) in [5.41, 5.74) is -0.194. The molecule has 1 amide bonds. The summed E-state index contributed by atoms with van der Waals surface area (Å²) in [5, 5.41) is 20.7. The predicted molar refractivity (Wildman–Crippen MR) is 70.0 cm³/mol. The molecule has 0 atom stereocenters. The Morgan fingerprint density at radius 1 is 1.40 bits per heavy atom. The largest absolute Gasteiger partial charge is 0.480 e. The van der Waals surface area contributed by atoms with Gasteiger partial charge in [-0.2, -0.15) is 5.26 Å². The zero-order chi connectivity index (χ0) is 14.8. The number of aliphatic carboxylic acids is 1. The molecule has 6 nitrogen and oxygen atoms in total. The monoisotopic (exact) mass is 273 g/mol. The lowest BCUT2D eigenvalue weighted by Gasteiger charge is -2.25. The quantitative estimate of drug-likeness (QED) is 0.866. The number of aromatic nitrogens is 1. The highest BCUT2D eigenvalue weighted by molar-refractivity contribution is 5.96. The summed E-state index contributed by atoms with van der Waals surface area (Å²) in [6.07, 6.45) is 2.44. The summed E-state index contributed by atoms with van der Waals surface area (Å²) in [6.45, 7) is 1.64. The molecule has 0 unspecified atom stereocenters. The fraction of sp³-hybridized carbons (Fsp3) is 0.429.